The molecule has 0 aromatic rings. The smallest absolute Gasteiger partial charge is 0.223 e. The van der Waals surface area contributed by atoms with Gasteiger partial charge in [0.25, 0.3) is 0 Å². The number of nitrogens with one attached hydrogen (secondary N) is 1. The van der Waals surface area contributed by atoms with Crippen molar-refractivity contribution in [2.75, 3.05) is 6.54 Å². The van der Waals surface area contributed by atoms with Crippen LogP contribution in [0.25, 0.3) is 0 Å². The van der Waals surface area contributed by atoms with Gasteiger partial charge in [-0.25, -0.2) is 0 Å². The fourth-order valence-corrected chi connectivity index (χ4v) is 1.25. The first-order valence-corrected chi connectivity index (χ1v) is 5.18. The van der Waals surface area contributed by atoms with Crippen LogP contribution >= 0.6 is 0 Å². The molecule has 0 unspecified atom stereocenters. The minimum absolute atomic E-state index is 0.191. The maximum absolute atomic E-state index is 11.3. The molecule has 1 fully saturated rings. The fraction of sp³-hybridized carbons (Fsp3) is 0.900. The van der Waals surface area contributed by atoms with E-state index in [0.717, 1.165) is 25.7 Å². The van der Waals surface area contributed by atoms with Gasteiger partial charge in [-0.2, -0.15) is 0 Å². The Morgan fingerprint density at radius 1 is 1.46 bits per heavy atom. The van der Waals surface area contributed by atoms with Gasteiger partial charge in [-0.05, 0) is 25.7 Å². The fourth-order valence-electron chi connectivity index (χ4n) is 1.25. The van der Waals surface area contributed by atoms with Gasteiger partial charge in [0.2, 0.25) is 5.91 Å². The Balaban J connectivity index is 2.26. The van der Waals surface area contributed by atoms with E-state index >= 15 is 0 Å². The summed E-state index contributed by atoms with van der Waals surface area (Å²) in [5, 5.41) is 2.92. The molecule has 0 aromatic carbocycles. The summed E-state index contributed by atoms with van der Waals surface area (Å²) in [5.41, 5.74) is 5.85. The van der Waals surface area contributed by atoms with Crippen LogP contribution < -0.4 is 11.1 Å². The Bertz CT molecular complexity index is 183. The van der Waals surface area contributed by atoms with Crippen molar-refractivity contribution in [3.05, 3.63) is 0 Å². The zero-order valence-corrected chi connectivity index (χ0v) is 8.60. The first-order chi connectivity index (χ1) is 6.11. The Kier molecular flexibility index (Phi) is 3.31. The Hall–Kier alpha value is -0.570. The number of carbonyl (C=O) groups is 1. The summed E-state index contributed by atoms with van der Waals surface area (Å²) in [5.74, 6) is 0.481. The second kappa shape index (κ2) is 4.09. The molecule has 3 nitrogen and oxygen atoms in total. The first-order valence-electron chi connectivity index (χ1n) is 5.18. The quantitative estimate of drug-likeness (QED) is 0.670. The monoisotopic (exact) mass is 184 g/mol. The molecular weight excluding hydrogens is 164 g/mol. The number of nitrogens with two attached hydrogens (primary N) is 1. The molecule has 0 heterocycles. The summed E-state index contributed by atoms with van der Waals surface area (Å²) in [6, 6.07) is 0. The van der Waals surface area contributed by atoms with Crippen LogP contribution in [-0.2, 0) is 4.79 Å². The lowest BCUT2D eigenvalue weighted by molar-refractivity contribution is -0.122. The molecule has 0 spiro atoms. The van der Waals surface area contributed by atoms with E-state index in [2.05, 4.69) is 19.2 Å². The lowest BCUT2D eigenvalue weighted by atomic mass is 9.94. The van der Waals surface area contributed by atoms with Crippen LogP contribution in [0.4, 0.5) is 0 Å². The lowest BCUT2D eigenvalue weighted by Crippen LogP contribution is -2.49. The summed E-state index contributed by atoms with van der Waals surface area (Å²) in [7, 11) is 0. The van der Waals surface area contributed by atoms with Crippen LogP contribution in [0.5, 0.6) is 0 Å². The Labute approximate surface area is 80.1 Å². The van der Waals surface area contributed by atoms with E-state index in [1.54, 1.807) is 0 Å². The van der Waals surface area contributed by atoms with Crippen LogP contribution in [0.15, 0.2) is 0 Å². The summed E-state index contributed by atoms with van der Waals surface area (Å²) in [6.45, 7) is 4.74. The topological polar surface area (TPSA) is 55.1 Å². The Morgan fingerprint density at radius 3 is 2.38 bits per heavy atom. The predicted octanol–water partition coefficient (Wildman–Crippen LogP) is 1.03. The van der Waals surface area contributed by atoms with Crippen LogP contribution in [0.1, 0.15) is 39.5 Å². The highest BCUT2D eigenvalue weighted by Gasteiger charge is 2.31. The predicted molar refractivity (Wildman–Crippen MR) is 53.2 cm³/mol. The minimum Gasteiger partial charge on any atom is -0.354 e. The van der Waals surface area contributed by atoms with E-state index in [1.165, 1.54) is 0 Å². The van der Waals surface area contributed by atoms with Gasteiger partial charge >= 0.3 is 0 Å². The molecule has 76 valence electrons. The van der Waals surface area contributed by atoms with Gasteiger partial charge < -0.3 is 11.1 Å². The number of hydrogen-bond acceptors (Lipinski definition) is 2. The molecule has 13 heavy (non-hydrogen) atoms. The molecule has 0 saturated heterocycles. The molecule has 1 aliphatic carbocycles. The van der Waals surface area contributed by atoms with Crippen LogP contribution in [-0.4, -0.2) is 18.0 Å². The van der Waals surface area contributed by atoms with E-state index in [-0.39, 0.29) is 17.4 Å². The van der Waals surface area contributed by atoms with Gasteiger partial charge in [0.15, 0.2) is 0 Å². The maximum atomic E-state index is 11.3. The molecule has 0 aliphatic heterocycles. The highest BCUT2D eigenvalue weighted by Crippen LogP contribution is 2.28. The van der Waals surface area contributed by atoms with Crippen molar-refractivity contribution in [3.63, 3.8) is 0 Å². The van der Waals surface area contributed by atoms with Crippen molar-refractivity contribution in [3.8, 4) is 0 Å². The summed E-state index contributed by atoms with van der Waals surface area (Å²) in [6.07, 6.45) is 3.94. The SMILES string of the molecule is CCC(N)(CC)CNC(=O)C1CC1. The van der Waals surface area contributed by atoms with Crippen molar-refractivity contribution < 1.29 is 4.79 Å². The van der Waals surface area contributed by atoms with Crippen molar-refractivity contribution >= 4 is 5.91 Å². The summed E-state index contributed by atoms with van der Waals surface area (Å²) >= 11 is 0. The van der Waals surface area contributed by atoms with Gasteiger partial charge in [0, 0.05) is 18.0 Å². The zero-order valence-electron chi connectivity index (χ0n) is 8.60. The normalized spacial score (nSPS) is 17.2. The number of carbonyl (C=O) groups excluding carboxylic acids is 1. The maximum Gasteiger partial charge on any atom is 0.223 e. The standard InChI is InChI=1S/C10H20N2O/c1-3-10(11,4-2)7-12-9(13)8-5-6-8/h8H,3-7,11H2,1-2H3,(H,12,13). The molecule has 3 heteroatoms. The second-order valence-electron chi connectivity index (χ2n) is 4.06. The van der Waals surface area contributed by atoms with Crippen LogP contribution in [0.2, 0.25) is 0 Å². The van der Waals surface area contributed by atoms with Crippen molar-refractivity contribution in [2.24, 2.45) is 11.7 Å². The van der Waals surface area contributed by atoms with E-state index in [4.69, 9.17) is 5.73 Å². The molecule has 0 radical (unpaired) electrons. The van der Waals surface area contributed by atoms with Crippen LogP contribution in [0.3, 0.4) is 0 Å². The number of rotatable bonds is 5. The number of hydrogen-bond donors (Lipinski definition) is 2. The third kappa shape index (κ3) is 2.99. The van der Waals surface area contributed by atoms with Crippen molar-refractivity contribution in [1.29, 1.82) is 0 Å². The van der Waals surface area contributed by atoms with Gasteiger partial charge in [-0.15, -0.1) is 0 Å². The Morgan fingerprint density at radius 2 is 2.00 bits per heavy atom. The molecule has 0 atom stereocenters. The van der Waals surface area contributed by atoms with E-state index < -0.39 is 0 Å². The molecule has 1 aliphatic rings. The summed E-state index contributed by atoms with van der Waals surface area (Å²) in [4.78, 5) is 11.3. The van der Waals surface area contributed by atoms with Gasteiger partial charge in [-0.3, -0.25) is 4.79 Å². The molecule has 0 aromatic heterocycles. The molecule has 1 amide bonds. The van der Waals surface area contributed by atoms with Crippen LogP contribution in [0, 0.1) is 5.92 Å². The molecular formula is C10H20N2O. The molecule has 1 rings (SSSR count). The second-order valence-corrected chi connectivity index (χ2v) is 4.06. The van der Waals surface area contributed by atoms with E-state index in [1.807, 2.05) is 0 Å². The van der Waals surface area contributed by atoms with E-state index in [0.29, 0.717) is 6.54 Å². The van der Waals surface area contributed by atoms with Crippen molar-refractivity contribution in [2.45, 2.75) is 45.1 Å². The third-order valence-electron chi connectivity index (χ3n) is 2.97. The zero-order chi connectivity index (χ0) is 9.90. The number of amides is 1. The molecule has 3 N–H and O–H groups in total. The average Bonchev–Trinajstić information content (AvgIpc) is 2.97. The lowest BCUT2D eigenvalue weighted by Gasteiger charge is -2.26. The summed E-state index contributed by atoms with van der Waals surface area (Å²) < 4.78 is 0. The highest BCUT2D eigenvalue weighted by atomic mass is 16.2. The van der Waals surface area contributed by atoms with Gasteiger partial charge in [0.05, 0.1) is 0 Å². The van der Waals surface area contributed by atoms with Gasteiger partial charge in [0.1, 0.15) is 0 Å². The molecule has 1 saturated carbocycles. The average molecular weight is 184 g/mol. The highest BCUT2D eigenvalue weighted by molar-refractivity contribution is 5.80. The van der Waals surface area contributed by atoms with Crippen molar-refractivity contribution in [1.82, 2.24) is 5.32 Å². The first kappa shape index (κ1) is 10.5. The largest absolute Gasteiger partial charge is 0.354 e. The third-order valence-corrected chi connectivity index (χ3v) is 2.97. The minimum atomic E-state index is -0.204. The van der Waals surface area contributed by atoms with Gasteiger partial charge in [-0.1, -0.05) is 13.8 Å². The van der Waals surface area contributed by atoms with E-state index in [9.17, 15) is 4.79 Å². The molecule has 0 bridgehead atoms.